The van der Waals surface area contributed by atoms with Crippen LogP contribution in [0.3, 0.4) is 0 Å². The maximum absolute atomic E-state index is 13.7. The number of hydrogen-bond donors (Lipinski definition) is 0. The number of aryl methyl sites for hydroxylation is 1. The summed E-state index contributed by atoms with van der Waals surface area (Å²) in [7, 11) is 0. The van der Waals surface area contributed by atoms with Crippen LogP contribution >= 0.6 is 23.1 Å². The van der Waals surface area contributed by atoms with Crippen LogP contribution in [0.2, 0.25) is 0 Å². The second kappa shape index (κ2) is 10.2. The van der Waals surface area contributed by atoms with E-state index < -0.39 is 0 Å². The van der Waals surface area contributed by atoms with Gasteiger partial charge >= 0.3 is 6.15 Å². The number of aromatic nitrogens is 3. The average Bonchev–Trinajstić information content (AvgIpc) is 3.50. The molecule has 0 saturated heterocycles. The third-order valence-electron chi connectivity index (χ3n) is 4.89. The van der Waals surface area contributed by atoms with Crippen molar-refractivity contribution in [3.8, 4) is 27.5 Å². The lowest BCUT2D eigenvalue weighted by Crippen LogP contribution is -1.93. The monoisotopic (exact) mass is 493 g/mol. The fourth-order valence-corrected chi connectivity index (χ4v) is 5.95. The van der Waals surface area contributed by atoms with E-state index in [4.69, 9.17) is 19.0 Å². The highest BCUT2D eigenvalue weighted by Gasteiger charge is 2.21. The van der Waals surface area contributed by atoms with Crippen molar-refractivity contribution in [2.24, 2.45) is 0 Å². The second-order valence-electron chi connectivity index (χ2n) is 7.61. The lowest BCUT2D eigenvalue weighted by atomic mass is 10.1. The fraction of sp³-hybridized carbons (Fsp3) is 0.160. The number of para-hydroxylation sites is 1. The predicted octanol–water partition coefficient (Wildman–Crippen LogP) is 6.77. The van der Waals surface area contributed by atoms with Gasteiger partial charge in [0.15, 0.2) is 0 Å². The van der Waals surface area contributed by atoms with E-state index in [2.05, 4.69) is 25.0 Å². The molecule has 3 heterocycles. The van der Waals surface area contributed by atoms with Gasteiger partial charge in [-0.3, -0.25) is 0 Å². The van der Waals surface area contributed by atoms with E-state index in [-0.39, 0.29) is 12.0 Å². The summed E-state index contributed by atoms with van der Waals surface area (Å²) < 4.78 is 22.4. The largest absolute Gasteiger partial charge is 0.464 e. The maximum atomic E-state index is 13.7. The molecule has 2 aromatic carbocycles. The van der Waals surface area contributed by atoms with Crippen LogP contribution in [0.4, 0.5) is 4.39 Å². The van der Waals surface area contributed by atoms with Crippen molar-refractivity contribution in [3.05, 3.63) is 72.5 Å². The minimum atomic E-state index is -0.261. The van der Waals surface area contributed by atoms with Crippen LogP contribution in [0.1, 0.15) is 19.5 Å². The first kappa shape index (κ1) is 23.6. The van der Waals surface area contributed by atoms with E-state index in [1.807, 2.05) is 37.4 Å². The topological polar surface area (TPSA) is 78.0 Å². The van der Waals surface area contributed by atoms with Crippen LogP contribution in [0.15, 0.2) is 69.6 Å². The Balaban J connectivity index is 0.000000868. The number of thioether (sulfide) groups is 1. The Hall–Kier alpha value is -3.52. The molecule has 0 radical (unpaired) electrons. The van der Waals surface area contributed by atoms with Crippen molar-refractivity contribution in [2.45, 2.75) is 30.2 Å². The number of rotatable bonds is 5. The van der Waals surface area contributed by atoms with Gasteiger partial charge in [-0.1, -0.05) is 55.5 Å². The van der Waals surface area contributed by atoms with Crippen molar-refractivity contribution < 1.29 is 18.4 Å². The molecule has 3 aromatic heterocycles. The summed E-state index contributed by atoms with van der Waals surface area (Å²) in [4.78, 5) is 21.2. The minimum Gasteiger partial charge on any atom is -0.464 e. The predicted molar refractivity (Wildman–Crippen MR) is 131 cm³/mol. The van der Waals surface area contributed by atoms with Gasteiger partial charge < -0.3 is 4.42 Å². The standard InChI is InChI=1S/C24H20FN3OS2.CO2/c1-14(2)30-23-22(20-13-29-21-10-5-4-9-18(20)21)26-24(31-23)28-12-19(15(3)27-28)16-7-6-8-17(25)11-16;2-1-3/h4-14H,1-3H3;. The molecule has 6 nitrogen and oxygen atoms in total. The second-order valence-corrected chi connectivity index (χ2v) is 10.4. The summed E-state index contributed by atoms with van der Waals surface area (Å²) in [5.74, 6) is -0.261. The number of thiazole rings is 1. The Morgan fingerprint density at radius 1 is 1.12 bits per heavy atom. The van der Waals surface area contributed by atoms with Crippen LogP contribution in [0, 0.1) is 12.7 Å². The molecule has 5 aromatic rings. The molecule has 172 valence electrons. The van der Waals surface area contributed by atoms with Gasteiger partial charge in [-0.05, 0) is 30.7 Å². The molecule has 0 fully saturated rings. The van der Waals surface area contributed by atoms with Crippen LogP contribution in [-0.2, 0) is 9.59 Å². The smallest absolute Gasteiger partial charge is 0.373 e. The molecule has 0 unspecified atom stereocenters. The fourth-order valence-electron chi connectivity index (χ4n) is 3.52. The Bertz CT molecular complexity index is 1480. The number of nitrogens with zero attached hydrogens (tertiary/aromatic N) is 3. The summed E-state index contributed by atoms with van der Waals surface area (Å²) in [6.45, 7) is 6.27. The summed E-state index contributed by atoms with van der Waals surface area (Å²) in [5, 5.41) is 6.90. The highest BCUT2D eigenvalue weighted by atomic mass is 32.2. The maximum Gasteiger partial charge on any atom is 0.373 e. The Kier molecular flexibility index (Phi) is 7.07. The van der Waals surface area contributed by atoms with Gasteiger partial charge in [-0.2, -0.15) is 14.7 Å². The Morgan fingerprint density at radius 3 is 2.62 bits per heavy atom. The Morgan fingerprint density at radius 2 is 1.88 bits per heavy atom. The average molecular weight is 494 g/mol. The van der Waals surface area contributed by atoms with Crippen molar-refractivity contribution in [3.63, 3.8) is 0 Å². The lowest BCUT2D eigenvalue weighted by Gasteiger charge is -2.03. The lowest BCUT2D eigenvalue weighted by molar-refractivity contribution is -0.191. The van der Waals surface area contributed by atoms with Gasteiger partial charge in [0.2, 0.25) is 5.13 Å². The highest BCUT2D eigenvalue weighted by molar-refractivity contribution is 8.01. The van der Waals surface area contributed by atoms with E-state index in [9.17, 15) is 4.39 Å². The quantitative estimate of drug-likeness (QED) is 0.251. The first-order valence-electron chi connectivity index (χ1n) is 10.4. The third-order valence-corrected chi connectivity index (χ3v) is 7.15. The van der Waals surface area contributed by atoms with Crippen molar-refractivity contribution >= 4 is 40.2 Å². The van der Waals surface area contributed by atoms with E-state index in [1.54, 1.807) is 40.1 Å². The van der Waals surface area contributed by atoms with Gasteiger partial charge in [0, 0.05) is 28.0 Å². The molecule has 0 aliphatic rings. The molecule has 34 heavy (non-hydrogen) atoms. The van der Waals surface area contributed by atoms with E-state index in [1.165, 1.54) is 12.1 Å². The number of carbonyl (C=O) groups excluding carboxylic acids is 2. The number of furan rings is 1. The summed E-state index contributed by atoms with van der Waals surface area (Å²) in [5.41, 5.74) is 5.26. The number of benzene rings is 2. The van der Waals surface area contributed by atoms with Crippen molar-refractivity contribution in [2.75, 3.05) is 0 Å². The van der Waals surface area contributed by atoms with E-state index >= 15 is 0 Å². The molecule has 0 spiro atoms. The molecular formula is C25H20FN3O3S2. The van der Waals surface area contributed by atoms with E-state index in [0.29, 0.717) is 5.25 Å². The molecule has 0 saturated carbocycles. The van der Waals surface area contributed by atoms with Crippen LogP contribution < -0.4 is 0 Å². The molecule has 0 aliphatic heterocycles. The Labute approximate surface area is 203 Å². The zero-order valence-electron chi connectivity index (χ0n) is 18.6. The third kappa shape index (κ3) is 4.87. The molecule has 9 heteroatoms. The summed E-state index contributed by atoms with van der Waals surface area (Å²) >= 11 is 3.39. The zero-order valence-corrected chi connectivity index (χ0v) is 20.2. The molecule has 0 amide bonds. The van der Waals surface area contributed by atoms with Crippen molar-refractivity contribution in [1.29, 1.82) is 0 Å². The van der Waals surface area contributed by atoms with Crippen LogP contribution in [0.5, 0.6) is 0 Å². The zero-order chi connectivity index (χ0) is 24.2. The van der Waals surface area contributed by atoms with Gasteiger partial charge in [-0.25, -0.2) is 14.1 Å². The van der Waals surface area contributed by atoms with E-state index in [0.717, 1.165) is 48.4 Å². The molecule has 5 rings (SSSR count). The number of fused-ring (bicyclic) bond motifs is 1. The van der Waals surface area contributed by atoms with Gasteiger partial charge in [0.25, 0.3) is 0 Å². The van der Waals surface area contributed by atoms with Crippen LogP contribution in [0.25, 0.3) is 38.5 Å². The SMILES string of the molecule is Cc1nn(-c2nc(-c3coc4ccccc34)c(SC(C)C)s2)cc1-c1cccc(F)c1.O=C=O. The first-order chi connectivity index (χ1) is 16.4. The number of halogens is 1. The van der Waals surface area contributed by atoms with Gasteiger partial charge in [-0.15, -0.1) is 11.8 Å². The molecular weight excluding hydrogens is 473 g/mol. The molecule has 0 aliphatic carbocycles. The van der Waals surface area contributed by atoms with Crippen LogP contribution in [-0.4, -0.2) is 26.2 Å². The van der Waals surface area contributed by atoms with Gasteiger partial charge in [0.05, 0.1) is 9.90 Å². The summed E-state index contributed by atoms with van der Waals surface area (Å²) in [6.07, 6.45) is 3.95. The molecule has 0 bridgehead atoms. The van der Waals surface area contributed by atoms with Gasteiger partial charge in [0.1, 0.15) is 23.4 Å². The summed E-state index contributed by atoms with van der Waals surface area (Å²) in [6, 6.07) is 14.6. The molecule has 0 atom stereocenters. The first-order valence-corrected chi connectivity index (χ1v) is 12.1. The number of hydrogen-bond acceptors (Lipinski definition) is 7. The minimum absolute atomic E-state index is 0.250. The molecule has 0 N–H and O–H groups in total. The highest BCUT2D eigenvalue weighted by Crippen LogP contribution is 2.42. The normalized spacial score (nSPS) is 10.9. The van der Waals surface area contributed by atoms with Crippen molar-refractivity contribution in [1.82, 2.24) is 14.8 Å².